The highest BCUT2D eigenvalue weighted by molar-refractivity contribution is 6.09. The zero-order chi connectivity index (χ0) is 14.1. The van der Waals surface area contributed by atoms with Crippen LogP contribution in [0.4, 0.5) is 0 Å². The van der Waals surface area contributed by atoms with Crippen molar-refractivity contribution in [3.05, 3.63) is 36.0 Å². The van der Waals surface area contributed by atoms with Crippen molar-refractivity contribution in [2.75, 3.05) is 19.6 Å². The topological polar surface area (TPSA) is 25.2 Å². The molecule has 1 aromatic heterocycles. The standard InChI is InChI=1S/C17H22N2O/c1-13-6-5-9-19(10-13)12-17(20)15-11-18(2)16-8-4-3-7-14(15)16/h3-4,7-8,11,13H,5-6,9-10,12H2,1-2H3. The largest absolute Gasteiger partial charge is 0.350 e. The first-order chi connectivity index (χ1) is 9.65. The number of aromatic nitrogens is 1. The number of aryl methyl sites for hydroxylation is 1. The van der Waals surface area contributed by atoms with Gasteiger partial charge in [0.15, 0.2) is 5.78 Å². The number of nitrogens with zero attached hydrogens (tertiary/aromatic N) is 2. The van der Waals surface area contributed by atoms with Gasteiger partial charge in [0, 0.05) is 36.3 Å². The lowest BCUT2D eigenvalue weighted by molar-refractivity contribution is 0.0894. The normalized spacial score (nSPS) is 20.4. The number of Topliss-reactive ketones (excluding diaryl/α,β-unsaturated/α-hetero) is 1. The number of fused-ring (bicyclic) bond motifs is 1. The molecule has 3 nitrogen and oxygen atoms in total. The van der Waals surface area contributed by atoms with Gasteiger partial charge in [-0.1, -0.05) is 25.1 Å². The molecule has 1 unspecified atom stereocenters. The van der Waals surface area contributed by atoms with Gasteiger partial charge >= 0.3 is 0 Å². The van der Waals surface area contributed by atoms with Gasteiger partial charge in [-0.2, -0.15) is 0 Å². The molecule has 3 rings (SSSR count). The van der Waals surface area contributed by atoms with E-state index >= 15 is 0 Å². The van der Waals surface area contributed by atoms with Gasteiger partial charge in [-0.25, -0.2) is 0 Å². The predicted octanol–water partition coefficient (Wildman–Crippen LogP) is 3.09. The number of ketones is 1. The van der Waals surface area contributed by atoms with Gasteiger partial charge in [0.05, 0.1) is 6.54 Å². The molecule has 1 atom stereocenters. The molecule has 0 aliphatic carbocycles. The molecule has 0 N–H and O–H groups in total. The maximum atomic E-state index is 12.6. The summed E-state index contributed by atoms with van der Waals surface area (Å²) in [5.41, 5.74) is 1.99. The van der Waals surface area contributed by atoms with E-state index in [0.29, 0.717) is 12.5 Å². The van der Waals surface area contributed by atoms with Crippen LogP contribution in [0.1, 0.15) is 30.1 Å². The summed E-state index contributed by atoms with van der Waals surface area (Å²) < 4.78 is 2.04. The molecule has 0 radical (unpaired) electrons. The summed E-state index contributed by atoms with van der Waals surface area (Å²) in [5, 5.41) is 1.07. The van der Waals surface area contributed by atoms with E-state index in [0.717, 1.165) is 29.6 Å². The number of hydrogen-bond donors (Lipinski definition) is 0. The van der Waals surface area contributed by atoms with E-state index in [1.54, 1.807) is 0 Å². The minimum Gasteiger partial charge on any atom is -0.350 e. The quantitative estimate of drug-likeness (QED) is 0.801. The number of carbonyl (C=O) groups excluding carboxylic acids is 1. The van der Waals surface area contributed by atoms with Crippen LogP contribution < -0.4 is 0 Å². The maximum absolute atomic E-state index is 12.6. The van der Waals surface area contributed by atoms with Crippen LogP contribution in [-0.2, 0) is 7.05 Å². The SMILES string of the molecule is CC1CCCN(CC(=O)c2cn(C)c3ccccc23)C1. The Kier molecular flexibility index (Phi) is 3.62. The third kappa shape index (κ3) is 2.50. The summed E-state index contributed by atoms with van der Waals surface area (Å²) in [5.74, 6) is 0.958. The first-order valence-corrected chi connectivity index (χ1v) is 7.45. The van der Waals surface area contributed by atoms with Crippen LogP contribution in [0, 0.1) is 5.92 Å². The Bertz CT molecular complexity index is 629. The Balaban J connectivity index is 1.82. The third-order valence-corrected chi connectivity index (χ3v) is 4.31. The lowest BCUT2D eigenvalue weighted by Crippen LogP contribution is -2.37. The molecule has 1 aromatic carbocycles. The van der Waals surface area contributed by atoms with Gasteiger partial charge in [-0.3, -0.25) is 9.69 Å². The van der Waals surface area contributed by atoms with Gasteiger partial charge in [0.25, 0.3) is 0 Å². The molecule has 1 aliphatic rings. The van der Waals surface area contributed by atoms with Crippen molar-refractivity contribution < 1.29 is 4.79 Å². The molecular formula is C17H22N2O. The van der Waals surface area contributed by atoms with Crippen LogP contribution >= 0.6 is 0 Å². The summed E-state index contributed by atoms with van der Waals surface area (Å²) in [6, 6.07) is 8.13. The summed E-state index contributed by atoms with van der Waals surface area (Å²) in [6.45, 7) is 4.93. The zero-order valence-corrected chi connectivity index (χ0v) is 12.3. The average Bonchev–Trinajstić information content (AvgIpc) is 2.77. The fraction of sp³-hybridized carbons (Fsp3) is 0.471. The molecular weight excluding hydrogens is 248 g/mol. The molecule has 3 heteroatoms. The van der Waals surface area contributed by atoms with Gasteiger partial charge in [0.1, 0.15) is 0 Å². The van der Waals surface area contributed by atoms with Crippen LogP contribution in [0.15, 0.2) is 30.5 Å². The Morgan fingerprint density at radius 1 is 1.35 bits per heavy atom. The number of likely N-dealkylation sites (tertiary alicyclic amines) is 1. The van der Waals surface area contributed by atoms with Crippen LogP contribution in [0.25, 0.3) is 10.9 Å². The molecule has 0 spiro atoms. The number of piperidine rings is 1. The number of hydrogen-bond acceptors (Lipinski definition) is 2. The van der Waals surface area contributed by atoms with Gasteiger partial charge < -0.3 is 4.57 Å². The lowest BCUT2D eigenvalue weighted by atomic mass is 9.99. The van der Waals surface area contributed by atoms with E-state index in [9.17, 15) is 4.79 Å². The van der Waals surface area contributed by atoms with Gasteiger partial charge in [-0.05, 0) is 31.4 Å². The molecule has 2 aromatic rings. The maximum Gasteiger partial charge on any atom is 0.178 e. The third-order valence-electron chi connectivity index (χ3n) is 4.31. The molecule has 106 valence electrons. The summed E-state index contributed by atoms with van der Waals surface area (Å²) in [7, 11) is 2.00. The van der Waals surface area contributed by atoms with E-state index < -0.39 is 0 Å². The van der Waals surface area contributed by atoms with Crippen molar-refractivity contribution in [1.82, 2.24) is 9.47 Å². The lowest BCUT2D eigenvalue weighted by Gasteiger charge is -2.30. The minimum atomic E-state index is 0.246. The Morgan fingerprint density at radius 3 is 2.95 bits per heavy atom. The van der Waals surface area contributed by atoms with E-state index in [1.807, 2.05) is 36.0 Å². The highest BCUT2D eigenvalue weighted by Gasteiger charge is 2.21. The predicted molar refractivity (Wildman–Crippen MR) is 82.1 cm³/mol. The minimum absolute atomic E-state index is 0.246. The molecule has 1 fully saturated rings. The van der Waals surface area contributed by atoms with Crippen LogP contribution in [0.3, 0.4) is 0 Å². The summed E-state index contributed by atoms with van der Waals surface area (Å²) in [6.07, 6.45) is 4.48. The fourth-order valence-corrected chi connectivity index (χ4v) is 3.28. The molecule has 20 heavy (non-hydrogen) atoms. The van der Waals surface area contributed by atoms with Crippen LogP contribution in [0.2, 0.25) is 0 Å². The number of para-hydroxylation sites is 1. The Hall–Kier alpha value is -1.61. The first kappa shape index (κ1) is 13.4. The average molecular weight is 270 g/mol. The number of rotatable bonds is 3. The van der Waals surface area contributed by atoms with E-state index in [4.69, 9.17) is 0 Å². The highest BCUT2D eigenvalue weighted by atomic mass is 16.1. The number of carbonyl (C=O) groups is 1. The Morgan fingerprint density at radius 2 is 2.15 bits per heavy atom. The second kappa shape index (κ2) is 5.41. The Labute approximate surface area is 120 Å². The molecule has 1 saturated heterocycles. The van der Waals surface area contributed by atoms with Crippen LogP contribution in [-0.4, -0.2) is 34.9 Å². The monoisotopic (exact) mass is 270 g/mol. The van der Waals surface area contributed by atoms with Crippen molar-refractivity contribution in [1.29, 1.82) is 0 Å². The van der Waals surface area contributed by atoms with E-state index in [2.05, 4.69) is 17.9 Å². The van der Waals surface area contributed by atoms with Crippen molar-refractivity contribution in [3.63, 3.8) is 0 Å². The second-order valence-corrected chi connectivity index (χ2v) is 6.08. The van der Waals surface area contributed by atoms with Crippen molar-refractivity contribution in [2.24, 2.45) is 13.0 Å². The zero-order valence-electron chi connectivity index (χ0n) is 12.3. The van der Waals surface area contributed by atoms with Crippen LogP contribution in [0.5, 0.6) is 0 Å². The first-order valence-electron chi connectivity index (χ1n) is 7.45. The molecule has 0 bridgehead atoms. The van der Waals surface area contributed by atoms with Gasteiger partial charge in [-0.15, -0.1) is 0 Å². The molecule has 0 amide bonds. The smallest absolute Gasteiger partial charge is 0.178 e. The highest BCUT2D eigenvalue weighted by Crippen LogP contribution is 2.22. The van der Waals surface area contributed by atoms with Crippen molar-refractivity contribution in [2.45, 2.75) is 19.8 Å². The van der Waals surface area contributed by atoms with E-state index in [-0.39, 0.29) is 5.78 Å². The van der Waals surface area contributed by atoms with Crippen molar-refractivity contribution in [3.8, 4) is 0 Å². The van der Waals surface area contributed by atoms with Gasteiger partial charge in [0.2, 0.25) is 0 Å². The fourth-order valence-electron chi connectivity index (χ4n) is 3.28. The summed E-state index contributed by atoms with van der Waals surface area (Å²) in [4.78, 5) is 14.9. The molecule has 0 saturated carbocycles. The summed E-state index contributed by atoms with van der Waals surface area (Å²) >= 11 is 0. The molecule has 1 aliphatic heterocycles. The molecule has 2 heterocycles. The second-order valence-electron chi connectivity index (χ2n) is 6.08. The van der Waals surface area contributed by atoms with Crippen molar-refractivity contribution >= 4 is 16.7 Å². The number of benzene rings is 1. The van der Waals surface area contributed by atoms with E-state index in [1.165, 1.54) is 12.8 Å².